The minimum Gasteiger partial charge on any atom is -0.304 e. The second kappa shape index (κ2) is 6.89. The summed E-state index contributed by atoms with van der Waals surface area (Å²) in [5.41, 5.74) is 1.08. The highest BCUT2D eigenvalue weighted by molar-refractivity contribution is 7.89. The molecule has 2 aliphatic rings. The molecule has 2 saturated heterocycles. The van der Waals surface area contributed by atoms with Crippen molar-refractivity contribution < 1.29 is 8.42 Å². The van der Waals surface area contributed by atoms with E-state index < -0.39 is 10.0 Å². The van der Waals surface area contributed by atoms with Gasteiger partial charge in [0.15, 0.2) is 0 Å². The van der Waals surface area contributed by atoms with Crippen molar-refractivity contribution in [1.82, 2.24) is 14.1 Å². The molecule has 0 atom stereocenters. The van der Waals surface area contributed by atoms with Crippen LogP contribution in [-0.4, -0.2) is 74.9 Å². The molecule has 0 bridgehead atoms. The molecule has 0 aliphatic carbocycles. The number of hydrogen-bond acceptors (Lipinski definition) is 4. The second-order valence-corrected chi connectivity index (χ2v) is 8.73. The summed E-state index contributed by atoms with van der Waals surface area (Å²) in [5, 5.41) is 0. The van der Waals surface area contributed by atoms with E-state index in [9.17, 15) is 8.42 Å². The van der Waals surface area contributed by atoms with Crippen LogP contribution in [0.15, 0.2) is 29.2 Å². The number of piperazine rings is 1. The maximum Gasteiger partial charge on any atom is 0.243 e. The summed E-state index contributed by atoms with van der Waals surface area (Å²) in [5.74, 6) is 0. The molecule has 0 amide bonds. The zero-order valence-electron chi connectivity index (χ0n) is 14.1. The van der Waals surface area contributed by atoms with Crippen molar-refractivity contribution in [1.29, 1.82) is 0 Å². The van der Waals surface area contributed by atoms with E-state index in [4.69, 9.17) is 0 Å². The lowest BCUT2D eigenvalue weighted by molar-refractivity contribution is 0.0836. The Balaban J connectivity index is 1.61. The summed E-state index contributed by atoms with van der Waals surface area (Å²) >= 11 is 0. The maximum absolute atomic E-state index is 12.7. The highest BCUT2D eigenvalue weighted by atomic mass is 32.2. The van der Waals surface area contributed by atoms with Crippen molar-refractivity contribution in [3.8, 4) is 0 Å². The van der Waals surface area contributed by atoms with Crippen LogP contribution in [0.25, 0.3) is 0 Å². The van der Waals surface area contributed by atoms with Gasteiger partial charge < -0.3 is 4.90 Å². The lowest BCUT2D eigenvalue weighted by atomic mass is 10.0. The van der Waals surface area contributed by atoms with Gasteiger partial charge >= 0.3 is 0 Å². The molecule has 1 aromatic carbocycles. The summed E-state index contributed by atoms with van der Waals surface area (Å²) in [6.07, 6.45) is 1.88. The van der Waals surface area contributed by atoms with Crippen LogP contribution in [0, 0.1) is 6.92 Å². The second-order valence-electron chi connectivity index (χ2n) is 6.79. The van der Waals surface area contributed by atoms with Gasteiger partial charge in [0.2, 0.25) is 10.0 Å². The minimum atomic E-state index is -3.34. The molecular weight excluding hydrogens is 310 g/mol. The van der Waals surface area contributed by atoms with Crippen LogP contribution >= 0.6 is 0 Å². The average Bonchev–Trinajstić information content (AvgIpc) is 2.56. The van der Waals surface area contributed by atoms with Gasteiger partial charge in [-0.3, -0.25) is 4.90 Å². The zero-order valence-corrected chi connectivity index (χ0v) is 14.9. The summed E-state index contributed by atoms with van der Waals surface area (Å²) in [6, 6.07) is 7.70. The standard InChI is InChI=1S/C17H27N3O2S/c1-15-3-5-17(6-4-15)23(21,22)20-9-7-16(8-10-20)19-13-11-18(2)12-14-19/h3-6,16H,7-14H2,1-2H3. The normalized spacial score (nSPS) is 23.2. The number of rotatable bonds is 3. The fraction of sp³-hybridized carbons (Fsp3) is 0.647. The number of nitrogens with zero attached hydrogens (tertiary/aromatic N) is 3. The first-order chi connectivity index (χ1) is 11.0. The third-order valence-electron chi connectivity index (χ3n) is 5.14. The number of aryl methyl sites for hydroxylation is 1. The summed E-state index contributed by atoms with van der Waals surface area (Å²) in [4.78, 5) is 5.31. The third kappa shape index (κ3) is 3.76. The Morgan fingerprint density at radius 2 is 1.48 bits per heavy atom. The van der Waals surface area contributed by atoms with Crippen molar-refractivity contribution >= 4 is 10.0 Å². The molecule has 5 nitrogen and oxygen atoms in total. The number of sulfonamides is 1. The average molecular weight is 337 g/mol. The highest BCUT2D eigenvalue weighted by Gasteiger charge is 2.32. The lowest BCUT2D eigenvalue weighted by Crippen LogP contribution is -2.52. The lowest BCUT2D eigenvalue weighted by Gasteiger charge is -2.41. The molecule has 0 saturated carbocycles. The van der Waals surface area contributed by atoms with E-state index in [1.807, 2.05) is 19.1 Å². The molecule has 0 unspecified atom stereocenters. The fourth-order valence-electron chi connectivity index (χ4n) is 3.49. The third-order valence-corrected chi connectivity index (χ3v) is 7.05. The van der Waals surface area contributed by atoms with Crippen molar-refractivity contribution in [2.24, 2.45) is 0 Å². The van der Waals surface area contributed by atoms with E-state index in [2.05, 4.69) is 16.8 Å². The molecule has 0 aromatic heterocycles. The number of hydrogen-bond donors (Lipinski definition) is 0. The van der Waals surface area contributed by atoms with Gasteiger partial charge in [0.05, 0.1) is 4.90 Å². The van der Waals surface area contributed by atoms with Gasteiger partial charge in [0.1, 0.15) is 0 Å². The van der Waals surface area contributed by atoms with E-state index in [-0.39, 0.29) is 0 Å². The Kier molecular flexibility index (Phi) is 5.06. The quantitative estimate of drug-likeness (QED) is 0.836. The maximum atomic E-state index is 12.7. The molecule has 0 N–H and O–H groups in total. The van der Waals surface area contributed by atoms with Gasteiger partial charge in [-0.1, -0.05) is 17.7 Å². The van der Waals surface area contributed by atoms with Crippen molar-refractivity contribution in [2.45, 2.75) is 30.7 Å². The van der Waals surface area contributed by atoms with E-state index in [1.165, 1.54) is 0 Å². The largest absolute Gasteiger partial charge is 0.304 e. The van der Waals surface area contributed by atoms with Gasteiger partial charge in [-0.15, -0.1) is 0 Å². The molecule has 3 rings (SSSR count). The SMILES string of the molecule is Cc1ccc(S(=O)(=O)N2CCC(N3CCN(C)CC3)CC2)cc1. The molecule has 0 radical (unpaired) electrons. The minimum absolute atomic E-state index is 0.418. The summed E-state index contributed by atoms with van der Waals surface area (Å²) < 4.78 is 27.1. The van der Waals surface area contributed by atoms with Crippen LogP contribution < -0.4 is 0 Å². The molecule has 0 spiro atoms. The first kappa shape index (κ1) is 16.9. The van der Waals surface area contributed by atoms with E-state index in [1.54, 1.807) is 16.4 Å². The Hall–Kier alpha value is -0.950. The summed E-state index contributed by atoms with van der Waals surface area (Å²) in [6.45, 7) is 7.67. The monoisotopic (exact) mass is 337 g/mol. The van der Waals surface area contributed by atoms with Crippen LogP contribution in [0.4, 0.5) is 0 Å². The van der Waals surface area contributed by atoms with Gasteiger partial charge in [0, 0.05) is 45.3 Å². The van der Waals surface area contributed by atoms with Crippen LogP contribution in [0.1, 0.15) is 18.4 Å². The fourth-order valence-corrected chi connectivity index (χ4v) is 4.96. The predicted octanol–water partition coefficient (Wildman–Crippen LogP) is 1.40. The van der Waals surface area contributed by atoms with Crippen LogP contribution in [0.5, 0.6) is 0 Å². The van der Waals surface area contributed by atoms with Crippen LogP contribution in [0.3, 0.4) is 0 Å². The topological polar surface area (TPSA) is 43.9 Å². The predicted molar refractivity (Wildman–Crippen MR) is 92.0 cm³/mol. The van der Waals surface area contributed by atoms with E-state index in [0.717, 1.165) is 44.6 Å². The number of piperidine rings is 1. The molecule has 6 heteroatoms. The van der Waals surface area contributed by atoms with Crippen molar-refractivity contribution in [3.05, 3.63) is 29.8 Å². The van der Waals surface area contributed by atoms with Gasteiger partial charge in [-0.2, -0.15) is 4.31 Å². The van der Waals surface area contributed by atoms with Gasteiger partial charge in [-0.25, -0.2) is 8.42 Å². The molecule has 23 heavy (non-hydrogen) atoms. The van der Waals surface area contributed by atoms with Crippen molar-refractivity contribution in [3.63, 3.8) is 0 Å². The number of benzene rings is 1. The summed E-state index contributed by atoms with van der Waals surface area (Å²) in [7, 11) is -1.17. The Bertz CT molecular complexity index is 614. The molecule has 2 heterocycles. The zero-order chi connectivity index (χ0) is 16.4. The molecule has 2 fully saturated rings. The first-order valence-electron chi connectivity index (χ1n) is 8.46. The van der Waals surface area contributed by atoms with Gasteiger partial charge in [-0.05, 0) is 38.9 Å². The highest BCUT2D eigenvalue weighted by Crippen LogP contribution is 2.24. The molecular formula is C17H27N3O2S. The van der Waals surface area contributed by atoms with Gasteiger partial charge in [0.25, 0.3) is 0 Å². The van der Waals surface area contributed by atoms with Crippen molar-refractivity contribution in [2.75, 3.05) is 46.3 Å². The molecule has 128 valence electrons. The van der Waals surface area contributed by atoms with E-state index >= 15 is 0 Å². The smallest absolute Gasteiger partial charge is 0.243 e. The number of likely N-dealkylation sites (N-methyl/N-ethyl adjacent to an activating group) is 1. The Morgan fingerprint density at radius 3 is 2.04 bits per heavy atom. The van der Waals surface area contributed by atoms with E-state index in [0.29, 0.717) is 24.0 Å². The molecule has 1 aromatic rings. The molecule has 2 aliphatic heterocycles. The first-order valence-corrected chi connectivity index (χ1v) is 9.90. The van der Waals surface area contributed by atoms with Crippen LogP contribution in [-0.2, 0) is 10.0 Å². The Labute approximate surface area is 139 Å². The van der Waals surface area contributed by atoms with Crippen LogP contribution in [0.2, 0.25) is 0 Å². The Morgan fingerprint density at radius 1 is 0.913 bits per heavy atom.